The number of aliphatic imine (C=N–C) groups is 1. The second kappa shape index (κ2) is 6.98. The minimum absolute atomic E-state index is 0.178. The van der Waals surface area contributed by atoms with Crippen molar-refractivity contribution in [2.75, 3.05) is 13.4 Å². The Morgan fingerprint density at radius 2 is 1.93 bits per heavy atom. The zero-order valence-electron chi connectivity index (χ0n) is 15.7. The van der Waals surface area contributed by atoms with Crippen molar-refractivity contribution in [1.29, 1.82) is 0 Å². The van der Waals surface area contributed by atoms with Crippen LogP contribution in [0.2, 0.25) is 0 Å². The molecule has 29 heavy (non-hydrogen) atoms. The fraction of sp³-hybridized carbons (Fsp3) is 0.130. The van der Waals surface area contributed by atoms with E-state index in [0.717, 1.165) is 16.3 Å². The van der Waals surface area contributed by atoms with Gasteiger partial charge in [0, 0.05) is 11.1 Å². The van der Waals surface area contributed by atoms with Crippen LogP contribution in [0.3, 0.4) is 0 Å². The normalized spacial score (nSPS) is 16.2. The van der Waals surface area contributed by atoms with E-state index >= 15 is 0 Å². The van der Waals surface area contributed by atoms with Gasteiger partial charge >= 0.3 is 5.97 Å². The van der Waals surface area contributed by atoms with Crippen LogP contribution >= 0.6 is 0 Å². The van der Waals surface area contributed by atoms with Gasteiger partial charge in [-0.3, -0.25) is 0 Å². The van der Waals surface area contributed by atoms with Crippen LogP contribution in [0.5, 0.6) is 17.2 Å². The minimum atomic E-state index is -0.506. The molecule has 0 saturated carbocycles. The Hall–Kier alpha value is -3.80. The average Bonchev–Trinajstić information content (AvgIpc) is 3.36. The summed E-state index contributed by atoms with van der Waals surface area (Å²) < 4.78 is 21.9. The molecule has 6 heteroatoms. The number of nitrogens with zero attached hydrogens (tertiary/aromatic N) is 1. The lowest BCUT2D eigenvalue weighted by molar-refractivity contribution is -0.129. The summed E-state index contributed by atoms with van der Waals surface area (Å²) >= 11 is 0. The van der Waals surface area contributed by atoms with Gasteiger partial charge in [0.1, 0.15) is 5.75 Å². The van der Waals surface area contributed by atoms with E-state index in [4.69, 9.17) is 18.9 Å². The van der Waals surface area contributed by atoms with Crippen LogP contribution in [0.25, 0.3) is 16.8 Å². The van der Waals surface area contributed by atoms with Crippen LogP contribution in [0.15, 0.2) is 65.3 Å². The van der Waals surface area contributed by atoms with Gasteiger partial charge in [-0.25, -0.2) is 9.79 Å². The molecule has 0 atom stereocenters. The van der Waals surface area contributed by atoms with E-state index in [2.05, 4.69) is 4.99 Å². The van der Waals surface area contributed by atoms with E-state index in [-0.39, 0.29) is 18.4 Å². The quantitative estimate of drug-likeness (QED) is 0.493. The van der Waals surface area contributed by atoms with Crippen LogP contribution in [-0.2, 0) is 9.53 Å². The molecule has 0 spiro atoms. The van der Waals surface area contributed by atoms with Gasteiger partial charge in [-0.05, 0) is 48.0 Å². The summed E-state index contributed by atoms with van der Waals surface area (Å²) in [6, 6.07) is 17.1. The average molecular weight is 387 g/mol. The molecule has 0 aliphatic carbocycles. The number of cyclic esters (lactones) is 1. The van der Waals surface area contributed by atoms with Crippen LogP contribution < -0.4 is 14.2 Å². The van der Waals surface area contributed by atoms with Crippen molar-refractivity contribution in [1.82, 2.24) is 0 Å². The van der Waals surface area contributed by atoms with E-state index in [9.17, 15) is 4.79 Å². The van der Waals surface area contributed by atoms with Gasteiger partial charge in [0.25, 0.3) is 0 Å². The summed E-state index contributed by atoms with van der Waals surface area (Å²) in [7, 11) is 0. The zero-order valence-corrected chi connectivity index (χ0v) is 15.7. The van der Waals surface area contributed by atoms with E-state index in [0.29, 0.717) is 29.4 Å². The molecule has 0 bridgehead atoms. The number of carbonyl (C=O) groups is 1. The van der Waals surface area contributed by atoms with Gasteiger partial charge in [0.15, 0.2) is 17.2 Å². The van der Waals surface area contributed by atoms with Crippen LogP contribution in [-0.4, -0.2) is 25.3 Å². The third kappa shape index (κ3) is 3.08. The Balaban J connectivity index is 1.59. The topological polar surface area (TPSA) is 66.3 Å². The molecule has 6 nitrogen and oxygen atoms in total. The summed E-state index contributed by atoms with van der Waals surface area (Å²) in [4.78, 5) is 16.9. The molecule has 3 aromatic carbocycles. The van der Waals surface area contributed by atoms with Crippen molar-refractivity contribution in [3.05, 3.63) is 71.4 Å². The molecular weight excluding hydrogens is 370 g/mol. The minimum Gasteiger partial charge on any atom is -0.493 e. The molecule has 5 rings (SSSR count). The van der Waals surface area contributed by atoms with Crippen LogP contribution in [0.4, 0.5) is 0 Å². The molecule has 2 aliphatic heterocycles. The van der Waals surface area contributed by atoms with E-state index in [1.165, 1.54) is 0 Å². The second-order valence-electron chi connectivity index (χ2n) is 6.54. The van der Waals surface area contributed by atoms with Gasteiger partial charge < -0.3 is 18.9 Å². The monoisotopic (exact) mass is 387 g/mol. The van der Waals surface area contributed by atoms with Crippen molar-refractivity contribution in [2.45, 2.75) is 6.92 Å². The third-order valence-corrected chi connectivity index (χ3v) is 4.75. The first-order valence-electron chi connectivity index (χ1n) is 9.30. The first-order chi connectivity index (χ1) is 14.2. The molecule has 2 heterocycles. The van der Waals surface area contributed by atoms with Crippen molar-refractivity contribution in [3.63, 3.8) is 0 Å². The van der Waals surface area contributed by atoms with Crippen LogP contribution in [0, 0.1) is 0 Å². The number of hydrogen-bond donors (Lipinski definition) is 0. The molecule has 0 saturated heterocycles. The lowest BCUT2D eigenvalue weighted by Crippen LogP contribution is -2.05. The predicted octanol–water partition coefficient (Wildman–Crippen LogP) is 4.31. The standard InChI is InChI=1S/C23H17NO5/c1-2-26-19-9-7-14-5-3-4-6-16(14)17(19)12-18-23(25)29-22(24-18)15-8-10-20-21(11-15)28-13-27-20/h3-12H,2,13H2,1H3. The first kappa shape index (κ1) is 17.3. The van der Waals surface area contributed by atoms with E-state index in [1.54, 1.807) is 24.3 Å². The number of esters is 1. The number of rotatable bonds is 4. The lowest BCUT2D eigenvalue weighted by Gasteiger charge is -2.10. The Kier molecular flexibility index (Phi) is 4.17. The second-order valence-corrected chi connectivity index (χ2v) is 6.54. The fourth-order valence-corrected chi connectivity index (χ4v) is 3.40. The molecule has 0 radical (unpaired) electrons. The fourth-order valence-electron chi connectivity index (χ4n) is 3.40. The SMILES string of the molecule is CCOc1ccc2ccccc2c1C=C1N=C(c2ccc3c(c2)OCO3)OC1=O. The highest BCUT2D eigenvalue weighted by molar-refractivity contribution is 6.13. The number of fused-ring (bicyclic) bond motifs is 2. The molecule has 0 unspecified atom stereocenters. The van der Waals surface area contributed by atoms with Crippen molar-refractivity contribution in [3.8, 4) is 17.2 Å². The Morgan fingerprint density at radius 1 is 1.07 bits per heavy atom. The van der Waals surface area contributed by atoms with Gasteiger partial charge in [-0.1, -0.05) is 30.3 Å². The molecule has 0 aromatic heterocycles. The summed E-state index contributed by atoms with van der Waals surface area (Å²) in [5.41, 5.74) is 1.66. The number of hydrogen-bond acceptors (Lipinski definition) is 6. The van der Waals surface area contributed by atoms with Crippen molar-refractivity contribution >= 4 is 28.7 Å². The molecule has 0 fully saturated rings. The van der Waals surface area contributed by atoms with Crippen LogP contribution in [0.1, 0.15) is 18.1 Å². The Labute approximate surface area is 167 Å². The summed E-state index contributed by atoms with van der Waals surface area (Å²) in [5.74, 6) is 1.68. The molecule has 0 N–H and O–H groups in total. The largest absolute Gasteiger partial charge is 0.493 e. The summed E-state index contributed by atoms with van der Waals surface area (Å²) in [5, 5.41) is 2.03. The maximum absolute atomic E-state index is 12.5. The predicted molar refractivity (Wildman–Crippen MR) is 108 cm³/mol. The van der Waals surface area contributed by atoms with Gasteiger partial charge in [0.05, 0.1) is 6.61 Å². The maximum atomic E-state index is 12.5. The smallest absolute Gasteiger partial charge is 0.363 e. The zero-order chi connectivity index (χ0) is 19.8. The highest BCUT2D eigenvalue weighted by Crippen LogP contribution is 2.35. The van der Waals surface area contributed by atoms with Gasteiger partial charge in [0.2, 0.25) is 12.7 Å². The summed E-state index contributed by atoms with van der Waals surface area (Å²) in [6.07, 6.45) is 1.72. The summed E-state index contributed by atoms with van der Waals surface area (Å²) in [6.45, 7) is 2.62. The Bertz CT molecular complexity index is 1200. The molecule has 2 aliphatic rings. The molecule has 0 amide bonds. The van der Waals surface area contributed by atoms with E-state index < -0.39 is 5.97 Å². The Morgan fingerprint density at radius 3 is 2.83 bits per heavy atom. The first-order valence-corrected chi connectivity index (χ1v) is 9.30. The third-order valence-electron chi connectivity index (χ3n) is 4.75. The molecule has 3 aromatic rings. The number of carbonyl (C=O) groups excluding carboxylic acids is 1. The highest BCUT2D eigenvalue weighted by Gasteiger charge is 2.26. The van der Waals surface area contributed by atoms with Crippen molar-refractivity contribution < 1.29 is 23.7 Å². The molecule has 144 valence electrons. The number of ether oxygens (including phenoxy) is 4. The lowest BCUT2D eigenvalue weighted by atomic mass is 10.0. The highest BCUT2D eigenvalue weighted by atomic mass is 16.7. The van der Waals surface area contributed by atoms with Gasteiger partial charge in [-0.15, -0.1) is 0 Å². The maximum Gasteiger partial charge on any atom is 0.363 e. The van der Waals surface area contributed by atoms with Crippen molar-refractivity contribution in [2.24, 2.45) is 4.99 Å². The molecular formula is C23H17NO5. The van der Waals surface area contributed by atoms with E-state index in [1.807, 2.05) is 43.3 Å². The number of benzene rings is 3. The van der Waals surface area contributed by atoms with Gasteiger partial charge in [-0.2, -0.15) is 0 Å².